The molecule has 0 radical (unpaired) electrons. The Bertz CT molecular complexity index is 702. The smallest absolute Gasteiger partial charge is 0.115 e. The summed E-state index contributed by atoms with van der Waals surface area (Å²) in [6, 6.07) is 14.6. The highest BCUT2D eigenvalue weighted by atomic mass is 16.3. The molecule has 2 aliphatic rings. The molecule has 0 saturated heterocycles. The van der Waals surface area contributed by atoms with Gasteiger partial charge in [0.1, 0.15) is 5.75 Å². The molecule has 0 bridgehead atoms. The first-order valence-corrected chi connectivity index (χ1v) is 7.55. The molecule has 0 saturated carbocycles. The van der Waals surface area contributed by atoms with Crippen LogP contribution in [0.4, 0.5) is 5.69 Å². The van der Waals surface area contributed by atoms with E-state index < -0.39 is 0 Å². The van der Waals surface area contributed by atoms with Gasteiger partial charge in [-0.15, -0.1) is 0 Å². The minimum absolute atomic E-state index is 0.306. The molecule has 0 amide bonds. The van der Waals surface area contributed by atoms with Crippen LogP contribution in [0.15, 0.2) is 54.6 Å². The maximum absolute atomic E-state index is 9.50. The summed E-state index contributed by atoms with van der Waals surface area (Å²) >= 11 is 0. The third kappa shape index (κ3) is 2.02. The van der Waals surface area contributed by atoms with E-state index in [1.807, 2.05) is 12.1 Å². The molecule has 0 aromatic heterocycles. The zero-order valence-corrected chi connectivity index (χ0v) is 12.1. The van der Waals surface area contributed by atoms with Crippen molar-refractivity contribution in [3.05, 3.63) is 71.3 Å². The molecule has 2 heteroatoms. The third-order valence-electron chi connectivity index (χ3n) is 4.77. The molecule has 4 rings (SSSR count). The summed E-state index contributed by atoms with van der Waals surface area (Å²) in [6.45, 7) is 2.15. The van der Waals surface area contributed by atoms with E-state index in [1.165, 1.54) is 22.4 Å². The largest absolute Gasteiger partial charge is 0.508 e. The van der Waals surface area contributed by atoms with Crippen LogP contribution in [0, 0.1) is 12.8 Å². The number of anilines is 1. The Labute approximate surface area is 125 Å². The number of hydrogen-bond acceptors (Lipinski definition) is 2. The van der Waals surface area contributed by atoms with Gasteiger partial charge in [-0.1, -0.05) is 42.0 Å². The monoisotopic (exact) mass is 277 g/mol. The first-order chi connectivity index (χ1) is 10.2. The van der Waals surface area contributed by atoms with Crippen molar-refractivity contribution in [2.75, 3.05) is 5.32 Å². The van der Waals surface area contributed by atoms with E-state index in [2.05, 4.69) is 42.6 Å². The first kappa shape index (κ1) is 12.5. The van der Waals surface area contributed by atoms with E-state index >= 15 is 0 Å². The average Bonchev–Trinajstić information content (AvgIpc) is 2.97. The van der Waals surface area contributed by atoms with Crippen LogP contribution in [0.1, 0.15) is 35.1 Å². The van der Waals surface area contributed by atoms with Crippen LogP contribution in [0.2, 0.25) is 0 Å². The molecule has 2 nitrogen and oxygen atoms in total. The van der Waals surface area contributed by atoms with Crippen LogP contribution >= 0.6 is 0 Å². The lowest BCUT2D eigenvalue weighted by atomic mass is 9.76. The Morgan fingerprint density at radius 1 is 1.10 bits per heavy atom. The summed E-state index contributed by atoms with van der Waals surface area (Å²) < 4.78 is 0. The molecule has 0 fully saturated rings. The lowest BCUT2D eigenvalue weighted by Crippen LogP contribution is -2.29. The van der Waals surface area contributed by atoms with Crippen LogP contribution in [0.5, 0.6) is 5.75 Å². The predicted octanol–water partition coefficient (Wildman–Crippen LogP) is 4.53. The quantitative estimate of drug-likeness (QED) is 0.751. The van der Waals surface area contributed by atoms with Gasteiger partial charge < -0.3 is 10.4 Å². The predicted molar refractivity (Wildman–Crippen MR) is 85.6 cm³/mol. The van der Waals surface area contributed by atoms with Crippen LogP contribution in [0.25, 0.3) is 0 Å². The Kier molecular flexibility index (Phi) is 2.78. The van der Waals surface area contributed by atoms with Gasteiger partial charge >= 0.3 is 0 Å². The highest BCUT2D eigenvalue weighted by Gasteiger charge is 2.37. The third-order valence-corrected chi connectivity index (χ3v) is 4.77. The SMILES string of the molecule is Cc1ccc2c(c1)C1C=CCC1C(c1ccc(O)cc1)N2. The van der Waals surface area contributed by atoms with E-state index in [0.29, 0.717) is 23.6 Å². The number of aromatic hydroxyl groups is 1. The number of hydrogen-bond donors (Lipinski definition) is 2. The van der Waals surface area contributed by atoms with Crippen LogP contribution in [-0.2, 0) is 0 Å². The summed E-state index contributed by atoms with van der Waals surface area (Å²) in [7, 11) is 0. The summed E-state index contributed by atoms with van der Waals surface area (Å²) in [5.74, 6) is 1.38. The molecular weight excluding hydrogens is 258 g/mol. The van der Waals surface area contributed by atoms with E-state index in [0.717, 1.165) is 6.42 Å². The first-order valence-electron chi connectivity index (χ1n) is 7.55. The van der Waals surface area contributed by atoms with E-state index in [-0.39, 0.29) is 0 Å². The second-order valence-corrected chi connectivity index (χ2v) is 6.16. The highest BCUT2D eigenvalue weighted by Crippen LogP contribution is 2.49. The highest BCUT2D eigenvalue weighted by molar-refractivity contribution is 5.60. The normalized spacial score (nSPS) is 26.0. The Balaban J connectivity index is 1.78. The molecule has 2 N–H and O–H groups in total. The summed E-state index contributed by atoms with van der Waals surface area (Å²) in [5.41, 5.74) is 5.23. The van der Waals surface area contributed by atoms with Crippen LogP contribution in [-0.4, -0.2) is 5.11 Å². The van der Waals surface area contributed by atoms with Crippen molar-refractivity contribution < 1.29 is 5.11 Å². The van der Waals surface area contributed by atoms with Crippen LogP contribution < -0.4 is 5.32 Å². The molecule has 21 heavy (non-hydrogen) atoms. The van der Waals surface area contributed by atoms with Crippen molar-refractivity contribution in [1.82, 2.24) is 0 Å². The van der Waals surface area contributed by atoms with Gasteiger partial charge in [0.2, 0.25) is 0 Å². The Hall–Kier alpha value is -2.22. The number of phenolic OH excluding ortho intramolecular Hbond substituents is 1. The number of phenols is 1. The zero-order chi connectivity index (χ0) is 14.4. The Morgan fingerprint density at radius 3 is 2.71 bits per heavy atom. The molecule has 2 aromatic carbocycles. The number of allylic oxidation sites excluding steroid dienone is 2. The fourth-order valence-corrected chi connectivity index (χ4v) is 3.73. The fraction of sp³-hybridized carbons (Fsp3) is 0.263. The topological polar surface area (TPSA) is 32.3 Å². The van der Waals surface area contributed by atoms with Gasteiger partial charge in [-0.25, -0.2) is 0 Å². The minimum atomic E-state index is 0.306. The molecular formula is C19H19NO. The number of nitrogens with one attached hydrogen (secondary N) is 1. The number of fused-ring (bicyclic) bond motifs is 3. The van der Waals surface area contributed by atoms with Gasteiger partial charge in [-0.2, -0.15) is 0 Å². The van der Waals surface area contributed by atoms with Crippen molar-refractivity contribution in [3.8, 4) is 5.75 Å². The maximum Gasteiger partial charge on any atom is 0.115 e. The lowest BCUT2D eigenvalue weighted by molar-refractivity contribution is 0.424. The molecule has 2 aromatic rings. The molecule has 106 valence electrons. The molecule has 1 aliphatic carbocycles. The lowest BCUT2D eigenvalue weighted by Gasteiger charge is -2.37. The van der Waals surface area contributed by atoms with Gasteiger partial charge in [-0.3, -0.25) is 0 Å². The van der Waals surface area contributed by atoms with Crippen molar-refractivity contribution in [2.45, 2.75) is 25.3 Å². The van der Waals surface area contributed by atoms with Crippen molar-refractivity contribution in [1.29, 1.82) is 0 Å². The second kappa shape index (κ2) is 4.66. The number of rotatable bonds is 1. The molecule has 3 unspecified atom stereocenters. The van der Waals surface area contributed by atoms with Gasteiger partial charge in [0.15, 0.2) is 0 Å². The molecule has 1 aliphatic heterocycles. The second-order valence-electron chi connectivity index (χ2n) is 6.16. The number of benzene rings is 2. The van der Waals surface area contributed by atoms with Crippen molar-refractivity contribution in [2.24, 2.45) is 5.92 Å². The van der Waals surface area contributed by atoms with Gasteiger partial charge in [0.05, 0.1) is 6.04 Å². The summed E-state index contributed by atoms with van der Waals surface area (Å²) in [5, 5.41) is 13.2. The van der Waals surface area contributed by atoms with Crippen molar-refractivity contribution in [3.63, 3.8) is 0 Å². The van der Waals surface area contributed by atoms with E-state index in [4.69, 9.17) is 0 Å². The molecule has 3 atom stereocenters. The van der Waals surface area contributed by atoms with E-state index in [9.17, 15) is 5.11 Å². The average molecular weight is 277 g/mol. The van der Waals surface area contributed by atoms with E-state index in [1.54, 1.807) is 12.1 Å². The number of aryl methyl sites for hydroxylation is 1. The van der Waals surface area contributed by atoms with Crippen molar-refractivity contribution >= 4 is 5.69 Å². The fourth-order valence-electron chi connectivity index (χ4n) is 3.73. The minimum Gasteiger partial charge on any atom is -0.508 e. The summed E-state index contributed by atoms with van der Waals surface area (Å²) in [4.78, 5) is 0. The Morgan fingerprint density at radius 2 is 1.90 bits per heavy atom. The zero-order valence-electron chi connectivity index (χ0n) is 12.1. The summed E-state index contributed by atoms with van der Waals surface area (Å²) in [6.07, 6.45) is 5.77. The maximum atomic E-state index is 9.50. The van der Waals surface area contributed by atoms with Gasteiger partial charge in [-0.05, 0) is 48.6 Å². The van der Waals surface area contributed by atoms with Gasteiger partial charge in [0, 0.05) is 11.6 Å². The molecule has 0 spiro atoms. The standard InChI is InChI=1S/C19H19NO/c1-12-5-10-18-17(11-12)15-3-2-4-16(15)19(20-18)13-6-8-14(21)9-7-13/h2-3,5-11,15-16,19-21H,4H2,1H3. The van der Waals surface area contributed by atoms with Gasteiger partial charge in [0.25, 0.3) is 0 Å². The van der Waals surface area contributed by atoms with Crippen LogP contribution in [0.3, 0.4) is 0 Å². The molecule has 1 heterocycles.